The van der Waals surface area contributed by atoms with Gasteiger partial charge in [-0.2, -0.15) is 13.2 Å². The van der Waals surface area contributed by atoms with Crippen molar-refractivity contribution in [3.63, 3.8) is 0 Å². The number of carbonyl (C=O) groups excluding carboxylic acids is 2. The van der Waals surface area contributed by atoms with E-state index in [0.29, 0.717) is 18.7 Å². The molecule has 0 radical (unpaired) electrons. The summed E-state index contributed by atoms with van der Waals surface area (Å²) in [4.78, 5) is 22.9. The van der Waals surface area contributed by atoms with E-state index in [1.807, 2.05) is 0 Å². The van der Waals surface area contributed by atoms with Crippen LogP contribution in [0, 0.1) is 5.92 Å². The van der Waals surface area contributed by atoms with E-state index in [0.717, 1.165) is 25.0 Å². The third-order valence-corrected chi connectivity index (χ3v) is 3.34. The van der Waals surface area contributed by atoms with Gasteiger partial charge in [-0.15, -0.1) is 0 Å². The zero-order valence-electron chi connectivity index (χ0n) is 12.3. The maximum absolute atomic E-state index is 12.4. The zero-order valence-corrected chi connectivity index (χ0v) is 12.3. The molecule has 124 valence electrons. The first-order valence-corrected chi connectivity index (χ1v) is 7.27. The van der Waals surface area contributed by atoms with Crippen LogP contribution in [0.25, 0.3) is 6.08 Å². The number of rotatable bonds is 6. The fourth-order valence-electron chi connectivity index (χ4n) is 1.88. The van der Waals surface area contributed by atoms with E-state index in [1.54, 1.807) is 0 Å². The highest BCUT2D eigenvalue weighted by molar-refractivity contribution is 5.91. The molecule has 0 aromatic heterocycles. The van der Waals surface area contributed by atoms with Crippen molar-refractivity contribution in [2.75, 3.05) is 13.1 Å². The molecule has 4 nitrogen and oxygen atoms in total. The van der Waals surface area contributed by atoms with Gasteiger partial charge in [0.15, 0.2) is 0 Å². The van der Waals surface area contributed by atoms with E-state index in [9.17, 15) is 22.8 Å². The number of alkyl halides is 3. The van der Waals surface area contributed by atoms with Crippen LogP contribution in [0.15, 0.2) is 30.3 Å². The van der Waals surface area contributed by atoms with Crippen molar-refractivity contribution in [1.82, 2.24) is 10.6 Å². The molecule has 2 rings (SSSR count). The van der Waals surface area contributed by atoms with Gasteiger partial charge in [-0.25, -0.2) is 0 Å². The van der Waals surface area contributed by atoms with Crippen molar-refractivity contribution in [3.8, 4) is 0 Å². The Hall–Kier alpha value is -2.31. The minimum atomic E-state index is -4.37. The van der Waals surface area contributed by atoms with Crippen LogP contribution < -0.4 is 10.6 Å². The number of hydrogen-bond acceptors (Lipinski definition) is 2. The molecular weight excluding hydrogens is 309 g/mol. The van der Waals surface area contributed by atoms with Crippen LogP contribution in [0.5, 0.6) is 0 Å². The average molecular weight is 326 g/mol. The second-order valence-corrected chi connectivity index (χ2v) is 5.31. The van der Waals surface area contributed by atoms with Crippen LogP contribution >= 0.6 is 0 Å². The molecule has 1 aromatic carbocycles. The van der Waals surface area contributed by atoms with Crippen molar-refractivity contribution < 1.29 is 22.8 Å². The monoisotopic (exact) mass is 326 g/mol. The standard InChI is InChI=1S/C16H17F3N2O2/c17-16(18,19)13-6-1-11(2-7-13)3-8-14(22)20-9-10-21-15(23)12-4-5-12/h1-3,6-8,12H,4-5,9-10H2,(H,20,22)(H,21,23)/b8-3+. The van der Waals surface area contributed by atoms with Gasteiger partial charge in [0, 0.05) is 25.1 Å². The van der Waals surface area contributed by atoms with Gasteiger partial charge in [0.25, 0.3) is 0 Å². The van der Waals surface area contributed by atoms with Crippen molar-refractivity contribution >= 4 is 17.9 Å². The summed E-state index contributed by atoms with van der Waals surface area (Å²) in [5.74, 6) is -0.226. The molecule has 7 heteroatoms. The lowest BCUT2D eigenvalue weighted by atomic mass is 10.1. The largest absolute Gasteiger partial charge is 0.416 e. The lowest BCUT2D eigenvalue weighted by Gasteiger charge is -2.06. The Labute approximate surface area is 131 Å². The van der Waals surface area contributed by atoms with Crippen LogP contribution in [0.4, 0.5) is 13.2 Å². The van der Waals surface area contributed by atoms with E-state index in [1.165, 1.54) is 24.3 Å². The number of nitrogens with one attached hydrogen (secondary N) is 2. The van der Waals surface area contributed by atoms with Gasteiger partial charge in [-0.3, -0.25) is 9.59 Å². The van der Waals surface area contributed by atoms with Gasteiger partial charge in [0.2, 0.25) is 11.8 Å². The molecule has 0 aliphatic heterocycles. The maximum Gasteiger partial charge on any atom is 0.416 e. The number of amides is 2. The summed E-state index contributed by atoms with van der Waals surface area (Å²) in [6, 6.07) is 4.51. The molecule has 2 amide bonds. The highest BCUT2D eigenvalue weighted by Crippen LogP contribution is 2.29. The third kappa shape index (κ3) is 5.77. The van der Waals surface area contributed by atoms with Crippen molar-refractivity contribution in [2.24, 2.45) is 5.92 Å². The molecule has 1 aliphatic carbocycles. The number of hydrogen-bond donors (Lipinski definition) is 2. The van der Waals surface area contributed by atoms with Gasteiger partial charge < -0.3 is 10.6 Å². The van der Waals surface area contributed by atoms with Crippen LogP contribution in [-0.2, 0) is 15.8 Å². The Morgan fingerprint density at radius 2 is 1.70 bits per heavy atom. The summed E-state index contributed by atoms with van der Waals surface area (Å²) in [6.07, 6.45) is 0.149. The molecule has 1 aromatic rings. The topological polar surface area (TPSA) is 58.2 Å². The molecule has 1 fully saturated rings. The Kier molecular flexibility index (Phi) is 5.41. The molecule has 2 N–H and O–H groups in total. The molecule has 0 atom stereocenters. The Balaban J connectivity index is 1.71. The number of halogens is 3. The van der Waals surface area contributed by atoms with Crippen molar-refractivity contribution in [3.05, 3.63) is 41.5 Å². The quantitative estimate of drug-likeness (QED) is 0.623. The van der Waals surface area contributed by atoms with Crippen molar-refractivity contribution in [2.45, 2.75) is 19.0 Å². The van der Waals surface area contributed by atoms with Crippen LogP contribution in [0.1, 0.15) is 24.0 Å². The summed E-state index contributed by atoms with van der Waals surface area (Å²) in [5.41, 5.74) is -0.235. The minimum absolute atomic E-state index is 0.0135. The summed E-state index contributed by atoms with van der Waals surface area (Å²) < 4.78 is 37.2. The summed E-state index contributed by atoms with van der Waals surface area (Å²) in [6.45, 7) is 0.657. The Bertz CT molecular complexity index is 590. The van der Waals surface area contributed by atoms with Gasteiger partial charge >= 0.3 is 6.18 Å². The average Bonchev–Trinajstić information content (AvgIpc) is 3.33. The van der Waals surface area contributed by atoms with Crippen LogP contribution in [0.2, 0.25) is 0 Å². The van der Waals surface area contributed by atoms with Gasteiger partial charge in [0.1, 0.15) is 0 Å². The fraction of sp³-hybridized carbons (Fsp3) is 0.375. The van der Waals surface area contributed by atoms with E-state index in [4.69, 9.17) is 0 Å². The Morgan fingerprint density at radius 1 is 1.09 bits per heavy atom. The molecule has 0 saturated heterocycles. The van der Waals surface area contributed by atoms with Crippen LogP contribution in [-0.4, -0.2) is 24.9 Å². The lowest BCUT2D eigenvalue weighted by molar-refractivity contribution is -0.137. The molecule has 0 spiro atoms. The van der Waals surface area contributed by atoms with E-state index in [-0.39, 0.29) is 17.7 Å². The zero-order chi connectivity index (χ0) is 16.9. The first kappa shape index (κ1) is 17.1. The first-order valence-electron chi connectivity index (χ1n) is 7.27. The van der Waals surface area contributed by atoms with Gasteiger partial charge in [-0.1, -0.05) is 12.1 Å². The molecule has 0 bridgehead atoms. The predicted octanol–water partition coefficient (Wildman–Crippen LogP) is 2.36. The SMILES string of the molecule is O=C(/C=C/c1ccc(C(F)(F)F)cc1)NCCNC(=O)C1CC1. The highest BCUT2D eigenvalue weighted by atomic mass is 19.4. The van der Waals surface area contributed by atoms with E-state index >= 15 is 0 Å². The van der Waals surface area contributed by atoms with Crippen molar-refractivity contribution in [1.29, 1.82) is 0 Å². The summed E-state index contributed by atoms with van der Waals surface area (Å²) in [5, 5.41) is 5.29. The summed E-state index contributed by atoms with van der Waals surface area (Å²) in [7, 11) is 0. The minimum Gasteiger partial charge on any atom is -0.354 e. The van der Waals surface area contributed by atoms with Gasteiger partial charge in [0.05, 0.1) is 5.56 Å². The summed E-state index contributed by atoms with van der Waals surface area (Å²) >= 11 is 0. The predicted molar refractivity (Wildman–Crippen MR) is 79.2 cm³/mol. The number of benzene rings is 1. The van der Waals surface area contributed by atoms with Crippen LogP contribution in [0.3, 0.4) is 0 Å². The number of carbonyl (C=O) groups is 2. The normalized spacial score (nSPS) is 14.7. The second kappa shape index (κ2) is 7.30. The first-order chi connectivity index (χ1) is 10.9. The van der Waals surface area contributed by atoms with Gasteiger partial charge in [-0.05, 0) is 36.6 Å². The maximum atomic E-state index is 12.4. The third-order valence-electron chi connectivity index (χ3n) is 3.34. The second-order valence-electron chi connectivity index (χ2n) is 5.31. The fourth-order valence-corrected chi connectivity index (χ4v) is 1.88. The molecule has 0 unspecified atom stereocenters. The van der Waals surface area contributed by atoms with E-state index in [2.05, 4.69) is 10.6 Å². The van der Waals surface area contributed by atoms with E-state index < -0.39 is 11.7 Å². The molecular formula is C16H17F3N2O2. The molecule has 1 saturated carbocycles. The molecule has 0 heterocycles. The lowest BCUT2D eigenvalue weighted by Crippen LogP contribution is -2.34. The molecule has 23 heavy (non-hydrogen) atoms. The molecule has 1 aliphatic rings. The Morgan fingerprint density at radius 3 is 2.26 bits per heavy atom. The smallest absolute Gasteiger partial charge is 0.354 e. The highest BCUT2D eigenvalue weighted by Gasteiger charge is 2.30.